The van der Waals surface area contributed by atoms with Crippen molar-refractivity contribution in [3.8, 4) is 0 Å². The molecule has 4 nitrogen and oxygen atoms in total. The molecule has 0 radical (unpaired) electrons. The van der Waals surface area contributed by atoms with Crippen LogP contribution in [0.4, 0.5) is 0 Å². The van der Waals surface area contributed by atoms with Gasteiger partial charge in [0, 0.05) is 11.3 Å². The molecule has 0 N–H and O–H groups in total. The van der Waals surface area contributed by atoms with Gasteiger partial charge in [-0.25, -0.2) is 0 Å². The third-order valence-corrected chi connectivity index (χ3v) is 8.55. The van der Waals surface area contributed by atoms with Crippen molar-refractivity contribution in [3.63, 3.8) is 0 Å². The van der Waals surface area contributed by atoms with Gasteiger partial charge in [-0.15, -0.1) is 0 Å². The SMILES string of the molecule is Cc1ccc([S@](=O)C[C@H]2CC(COC(c3ccccc3)(c3ccccc3)c3ccccc3)OC(C)(C)O2)cc1. The lowest BCUT2D eigenvalue weighted by Gasteiger charge is -2.43. The molecule has 1 fully saturated rings. The van der Waals surface area contributed by atoms with E-state index in [1.165, 1.54) is 0 Å². The summed E-state index contributed by atoms with van der Waals surface area (Å²) in [6.45, 7) is 6.21. The van der Waals surface area contributed by atoms with Gasteiger partial charge < -0.3 is 14.2 Å². The fourth-order valence-electron chi connectivity index (χ4n) is 5.37. The van der Waals surface area contributed by atoms with Crippen LogP contribution < -0.4 is 0 Å². The molecule has 0 saturated carbocycles. The topological polar surface area (TPSA) is 44.8 Å². The third-order valence-electron chi connectivity index (χ3n) is 7.07. The van der Waals surface area contributed by atoms with Gasteiger partial charge in [0.2, 0.25) is 0 Å². The first-order valence-corrected chi connectivity index (χ1v) is 14.8. The Morgan fingerprint density at radius 2 is 1.21 bits per heavy atom. The van der Waals surface area contributed by atoms with Crippen LogP contribution in [0, 0.1) is 6.92 Å². The zero-order valence-electron chi connectivity index (χ0n) is 22.8. The van der Waals surface area contributed by atoms with E-state index in [-0.39, 0.29) is 12.2 Å². The third kappa shape index (κ3) is 6.39. The molecule has 0 spiro atoms. The van der Waals surface area contributed by atoms with Gasteiger partial charge in [0.05, 0.1) is 35.4 Å². The van der Waals surface area contributed by atoms with Crippen LogP contribution in [0.25, 0.3) is 0 Å². The molecule has 202 valence electrons. The van der Waals surface area contributed by atoms with E-state index in [0.29, 0.717) is 18.8 Å². The molecular formula is C34H36O4S. The maximum atomic E-state index is 13.2. The van der Waals surface area contributed by atoms with Crippen LogP contribution in [0.2, 0.25) is 0 Å². The minimum atomic E-state index is -1.17. The summed E-state index contributed by atoms with van der Waals surface area (Å²) in [7, 11) is -1.17. The van der Waals surface area contributed by atoms with Crippen molar-refractivity contribution in [2.45, 2.75) is 55.7 Å². The van der Waals surface area contributed by atoms with Crippen molar-refractivity contribution >= 4 is 10.8 Å². The van der Waals surface area contributed by atoms with Crippen molar-refractivity contribution in [1.29, 1.82) is 0 Å². The summed E-state index contributed by atoms with van der Waals surface area (Å²) >= 11 is 0. The summed E-state index contributed by atoms with van der Waals surface area (Å²) in [5.74, 6) is -0.406. The Labute approximate surface area is 234 Å². The second-order valence-corrected chi connectivity index (χ2v) is 12.0. The summed E-state index contributed by atoms with van der Waals surface area (Å²) in [5.41, 5.74) is 3.47. The van der Waals surface area contributed by atoms with Gasteiger partial charge in [-0.1, -0.05) is 109 Å². The van der Waals surface area contributed by atoms with Crippen molar-refractivity contribution in [2.75, 3.05) is 12.4 Å². The average molecular weight is 541 g/mol. The first kappa shape index (κ1) is 27.5. The minimum absolute atomic E-state index is 0.218. The predicted molar refractivity (Wildman–Crippen MR) is 156 cm³/mol. The number of aryl methyl sites for hydroxylation is 1. The molecule has 0 bridgehead atoms. The van der Waals surface area contributed by atoms with Crippen molar-refractivity contribution < 1.29 is 18.4 Å². The Hall–Kier alpha value is -3.09. The Balaban J connectivity index is 1.43. The molecule has 1 aliphatic rings. The van der Waals surface area contributed by atoms with Crippen LogP contribution in [0.15, 0.2) is 120 Å². The number of rotatable bonds is 9. The van der Waals surface area contributed by atoms with Crippen LogP contribution in [-0.2, 0) is 30.6 Å². The van der Waals surface area contributed by atoms with Gasteiger partial charge in [-0.05, 0) is 49.6 Å². The van der Waals surface area contributed by atoms with E-state index in [0.717, 1.165) is 27.1 Å². The van der Waals surface area contributed by atoms with Gasteiger partial charge in [-0.2, -0.15) is 0 Å². The second-order valence-electron chi connectivity index (χ2n) is 10.5. The largest absolute Gasteiger partial charge is 0.358 e. The van der Waals surface area contributed by atoms with E-state index >= 15 is 0 Å². The standard InChI is InChI=1S/C34H36O4S/c1-26-19-21-32(22-20-26)39(35)25-31-23-30(37-33(2,3)38-31)24-36-34(27-13-7-4-8-14-27,28-15-9-5-10-16-28)29-17-11-6-12-18-29/h4-22,30-31H,23-25H2,1-3H3/t30?,31-,39-/m1/s1. The molecule has 4 aromatic carbocycles. The lowest BCUT2D eigenvalue weighted by Crippen LogP contribution is -2.49. The van der Waals surface area contributed by atoms with E-state index in [9.17, 15) is 4.21 Å². The molecular weight excluding hydrogens is 504 g/mol. The van der Waals surface area contributed by atoms with Crippen LogP contribution in [0.3, 0.4) is 0 Å². The number of hydrogen-bond acceptors (Lipinski definition) is 4. The summed E-state index contributed by atoms with van der Waals surface area (Å²) < 4.78 is 32.8. The maximum Gasteiger partial charge on any atom is 0.163 e. The highest BCUT2D eigenvalue weighted by atomic mass is 32.2. The number of benzene rings is 4. The zero-order chi connectivity index (χ0) is 27.3. The average Bonchev–Trinajstić information content (AvgIpc) is 2.95. The van der Waals surface area contributed by atoms with E-state index in [2.05, 4.69) is 36.4 Å². The number of ether oxygens (including phenoxy) is 3. The number of hydrogen-bond donors (Lipinski definition) is 0. The summed E-state index contributed by atoms with van der Waals surface area (Å²) in [4.78, 5) is 0.817. The molecule has 1 unspecified atom stereocenters. The first-order chi connectivity index (χ1) is 18.9. The van der Waals surface area contributed by atoms with Crippen LogP contribution in [0.1, 0.15) is 42.5 Å². The molecule has 5 rings (SSSR count). The highest BCUT2D eigenvalue weighted by Crippen LogP contribution is 2.41. The lowest BCUT2D eigenvalue weighted by molar-refractivity contribution is -0.303. The van der Waals surface area contributed by atoms with Crippen LogP contribution in [0.5, 0.6) is 0 Å². The van der Waals surface area contributed by atoms with E-state index in [4.69, 9.17) is 14.2 Å². The molecule has 4 aromatic rings. The maximum absolute atomic E-state index is 13.2. The molecule has 0 aromatic heterocycles. The Morgan fingerprint density at radius 1 is 0.744 bits per heavy atom. The molecule has 1 saturated heterocycles. The normalized spacial score (nSPS) is 19.9. The summed E-state index contributed by atoms with van der Waals surface area (Å²) in [6.07, 6.45) is 0.142. The predicted octanol–water partition coefficient (Wildman–Crippen LogP) is 7.02. The summed E-state index contributed by atoms with van der Waals surface area (Å²) in [6, 6.07) is 38.9. The minimum Gasteiger partial charge on any atom is -0.358 e. The van der Waals surface area contributed by atoms with Crippen molar-refractivity contribution in [1.82, 2.24) is 0 Å². The first-order valence-electron chi connectivity index (χ1n) is 13.5. The lowest BCUT2D eigenvalue weighted by atomic mass is 9.80. The monoisotopic (exact) mass is 540 g/mol. The Bertz CT molecular complexity index is 1260. The Kier molecular flexibility index (Phi) is 8.43. The molecule has 5 heteroatoms. The smallest absolute Gasteiger partial charge is 0.163 e. The van der Waals surface area contributed by atoms with Crippen molar-refractivity contribution in [2.24, 2.45) is 0 Å². The van der Waals surface area contributed by atoms with E-state index < -0.39 is 22.2 Å². The molecule has 1 aliphatic heterocycles. The molecule has 1 heterocycles. The van der Waals surface area contributed by atoms with Gasteiger partial charge in [0.25, 0.3) is 0 Å². The quantitative estimate of drug-likeness (QED) is 0.214. The van der Waals surface area contributed by atoms with E-state index in [1.54, 1.807) is 0 Å². The zero-order valence-corrected chi connectivity index (χ0v) is 23.6. The van der Waals surface area contributed by atoms with Gasteiger partial charge in [-0.3, -0.25) is 4.21 Å². The van der Waals surface area contributed by atoms with Crippen molar-refractivity contribution in [3.05, 3.63) is 138 Å². The van der Waals surface area contributed by atoms with Crippen LogP contribution in [-0.4, -0.2) is 34.6 Å². The Morgan fingerprint density at radius 3 is 1.69 bits per heavy atom. The second kappa shape index (κ2) is 12.0. The molecule has 0 amide bonds. The van der Waals surface area contributed by atoms with E-state index in [1.807, 2.05) is 99.6 Å². The van der Waals surface area contributed by atoms with Gasteiger partial charge >= 0.3 is 0 Å². The molecule has 39 heavy (non-hydrogen) atoms. The molecule has 3 atom stereocenters. The highest BCUT2D eigenvalue weighted by molar-refractivity contribution is 7.85. The highest BCUT2D eigenvalue weighted by Gasteiger charge is 2.41. The fourth-order valence-corrected chi connectivity index (χ4v) is 6.54. The van der Waals surface area contributed by atoms with Crippen LogP contribution >= 0.6 is 0 Å². The molecule has 0 aliphatic carbocycles. The fraction of sp³-hybridized carbons (Fsp3) is 0.294. The van der Waals surface area contributed by atoms with Gasteiger partial charge in [0.15, 0.2) is 5.79 Å². The van der Waals surface area contributed by atoms with Gasteiger partial charge in [0.1, 0.15) is 5.60 Å². The summed E-state index contributed by atoms with van der Waals surface area (Å²) in [5, 5.41) is 0.